The average molecular weight is 402 g/mol. The molecule has 0 atom stereocenters. The summed E-state index contributed by atoms with van der Waals surface area (Å²) in [6.45, 7) is 2.09. The summed E-state index contributed by atoms with van der Waals surface area (Å²) < 4.78 is 4.89. The van der Waals surface area contributed by atoms with Crippen LogP contribution in [0, 0.1) is 0 Å². The zero-order valence-corrected chi connectivity index (χ0v) is 16.4. The summed E-state index contributed by atoms with van der Waals surface area (Å²) in [6.07, 6.45) is 1.78. The number of benzene rings is 1. The molecule has 0 saturated carbocycles. The molecule has 1 amide bonds. The van der Waals surface area contributed by atoms with Gasteiger partial charge in [-0.05, 0) is 18.9 Å². The molecule has 27 heavy (non-hydrogen) atoms. The van der Waals surface area contributed by atoms with Crippen molar-refractivity contribution in [2.75, 3.05) is 11.9 Å². The van der Waals surface area contributed by atoms with Crippen LogP contribution in [-0.4, -0.2) is 28.5 Å². The molecule has 0 unspecified atom stereocenters. The fourth-order valence-electron chi connectivity index (χ4n) is 2.39. The number of nitrogens with zero attached hydrogens (tertiary/aromatic N) is 2. The predicted molar refractivity (Wildman–Crippen MR) is 106 cm³/mol. The number of carbonyl (C=O) groups excluding carboxylic acids is 2. The topological polar surface area (TPSA) is 81.2 Å². The second-order valence-corrected chi connectivity index (χ2v) is 7.49. The minimum Gasteiger partial charge on any atom is -0.466 e. The molecule has 0 fully saturated rings. The second kappa shape index (κ2) is 9.38. The van der Waals surface area contributed by atoms with E-state index in [4.69, 9.17) is 4.74 Å². The van der Waals surface area contributed by atoms with Crippen molar-refractivity contribution in [1.29, 1.82) is 0 Å². The number of hydrogen-bond acceptors (Lipinski definition) is 7. The van der Waals surface area contributed by atoms with Crippen LogP contribution >= 0.6 is 22.7 Å². The van der Waals surface area contributed by atoms with Crippen molar-refractivity contribution in [1.82, 2.24) is 9.97 Å². The summed E-state index contributed by atoms with van der Waals surface area (Å²) in [5, 5.41) is 7.58. The number of carbonyl (C=O) groups is 2. The van der Waals surface area contributed by atoms with Crippen molar-refractivity contribution < 1.29 is 14.3 Å². The van der Waals surface area contributed by atoms with E-state index in [0.717, 1.165) is 17.8 Å². The number of anilines is 1. The molecule has 0 saturated heterocycles. The summed E-state index contributed by atoms with van der Waals surface area (Å²) >= 11 is 2.75. The van der Waals surface area contributed by atoms with Gasteiger partial charge in [-0.1, -0.05) is 30.3 Å². The normalized spacial score (nSPS) is 10.6. The number of aryl methyl sites for hydroxylation is 2. The average Bonchev–Trinajstić information content (AvgIpc) is 3.31. The van der Waals surface area contributed by atoms with Gasteiger partial charge in [0.25, 0.3) is 5.91 Å². The first kappa shape index (κ1) is 19.2. The first-order valence-corrected chi connectivity index (χ1v) is 10.3. The lowest BCUT2D eigenvalue weighted by atomic mass is 10.1. The standard InChI is InChI=1S/C19H19N3O3S2/c1-2-25-17(23)10-14-11-27-19(20-14)22-18(24)15-12-26-16(21-15)9-8-13-6-4-3-5-7-13/h3-7,11-12H,2,8-10H2,1H3,(H,20,22,24). The predicted octanol–water partition coefficient (Wildman–Crippen LogP) is 3.74. The van der Waals surface area contributed by atoms with Gasteiger partial charge in [0, 0.05) is 17.2 Å². The quantitative estimate of drug-likeness (QED) is 0.582. The van der Waals surface area contributed by atoms with Crippen molar-refractivity contribution in [3.05, 3.63) is 63.1 Å². The van der Waals surface area contributed by atoms with Crippen molar-refractivity contribution in [2.24, 2.45) is 0 Å². The number of hydrogen-bond donors (Lipinski definition) is 1. The third-order valence-corrected chi connectivity index (χ3v) is 5.37. The molecule has 1 aromatic carbocycles. The highest BCUT2D eigenvalue weighted by molar-refractivity contribution is 7.14. The fourth-order valence-corrected chi connectivity index (χ4v) is 3.88. The number of ether oxygens (including phenoxy) is 1. The molecule has 2 aromatic heterocycles. The van der Waals surface area contributed by atoms with Crippen molar-refractivity contribution in [2.45, 2.75) is 26.2 Å². The van der Waals surface area contributed by atoms with Gasteiger partial charge in [-0.3, -0.25) is 14.9 Å². The van der Waals surface area contributed by atoms with E-state index in [0.29, 0.717) is 23.1 Å². The number of esters is 1. The van der Waals surface area contributed by atoms with Crippen LogP contribution in [0.15, 0.2) is 41.1 Å². The minimum absolute atomic E-state index is 0.0978. The molecule has 0 spiro atoms. The first-order valence-electron chi connectivity index (χ1n) is 8.53. The van der Waals surface area contributed by atoms with Crippen molar-refractivity contribution in [3.8, 4) is 0 Å². The molecule has 0 aliphatic rings. The highest BCUT2D eigenvalue weighted by Gasteiger charge is 2.14. The molecule has 1 N–H and O–H groups in total. The first-order chi connectivity index (χ1) is 13.1. The van der Waals surface area contributed by atoms with Gasteiger partial charge in [-0.2, -0.15) is 0 Å². The number of nitrogens with one attached hydrogen (secondary N) is 1. The van der Waals surface area contributed by atoms with Gasteiger partial charge in [-0.25, -0.2) is 9.97 Å². The Morgan fingerprint density at radius 3 is 2.67 bits per heavy atom. The van der Waals surface area contributed by atoms with Crippen LogP contribution in [0.2, 0.25) is 0 Å². The van der Waals surface area contributed by atoms with Crippen LogP contribution < -0.4 is 5.32 Å². The molecule has 140 valence electrons. The Morgan fingerprint density at radius 2 is 1.89 bits per heavy atom. The van der Waals surface area contributed by atoms with E-state index in [1.54, 1.807) is 17.7 Å². The van der Waals surface area contributed by atoms with E-state index in [9.17, 15) is 9.59 Å². The lowest BCUT2D eigenvalue weighted by molar-refractivity contribution is -0.142. The van der Waals surface area contributed by atoms with Crippen LogP contribution in [0.4, 0.5) is 5.13 Å². The number of rotatable bonds is 8. The van der Waals surface area contributed by atoms with Gasteiger partial charge >= 0.3 is 5.97 Å². The lowest BCUT2D eigenvalue weighted by Gasteiger charge is -1.99. The maximum atomic E-state index is 12.3. The molecular formula is C19H19N3O3S2. The maximum Gasteiger partial charge on any atom is 0.311 e. The molecule has 0 aliphatic carbocycles. The Bertz CT molecular complexity index is 906. The molecule has 8 heteroatoms. The summed E-state index contributed by atoms with van der Waals surface area (Å²) in [4.78, 5) is 32.5. The van der Waals surface area contributed by atoms with Gasteiger partial charge in [0.2, 0.25) is 0 Å². The Labute approximate surface area is 165 Å². The van der Waals surface area contributed by atoms with Gasteiger partial charge in [0.15, 0.2) is 5.13 Å². The lowest BCUT2D eigenvalue weighted by Crippen LogP contribution is -2.13. The third-order valence-electron chi connectivity index (χ3n) is 3.66. The summed E-state index contributed by atoms with van der Waals surface area (Å²) in [6, 6.07) is 10.2. The molecule has 3 aromatic rings. The van der Waals surface area contributed by atoms with E-state index in [-0.39, 0.29) is 18.3 Å². The number of thiazole rings is 2. The van der Waals surface area contributed by atoms with E-state index in [1.165, 1.54) is 28.2 Å². The van der Waals surface area contributed by atoms with E-state index >= 15 is 0 Å². The van der Waals surface area contributed by atoms with Crippen LogP contribution in [0.3, 0.4) is 0 Å². The fraction of sp³-hybridized carbons (Fsp3) is 0.263. The molecule has 6 nitrogen and oxygen atoms in total. The van der Waals surface area contributed by atoms with E-state index in [1.807, 2.05) is 18.2 Å². The molecule has 3 rings (SSSR count). The van der Waals surface area contributed by atoms with Crippen molar-refractivity contribution >= 4 is 39.7 Å². The Balaban J connectivity index is 1.53. The molecule has 0 bridgehead atoms. The maximum absolute atomic E-state index is 12.3. The molecule has 0 radical (unpaired) electrons. The molecular weight excluding hydrogens is 382 g/mol. The van der Waals surface area contributed by atoms with E-state index in [2.05, 4.69) is 27.4 Å². The third kappa shape index (κ3) is 5.70. The monoisotopic (exact) mass is 401 g/mol. The van der Waals surface area contributed by atoms with Gasteiger partial charge < -0.3 is 4.74 Å². The van der Waals surface area contributed by atoms with Crippen LogP contribution in [0.25, 0.3) is 0 Å². The summed E-state index contributed by atoms with van der Waals surface area (Å²) in [7, 11) is 0. The molecule has 2 heterocycles. The summed E-state index contributed by atoms with van der Waals surface area (Å²) in [5.74, 6) is -0.627. The highest BCUT2D eigenvalue weighted by atomic mass is 32.1. The van der Waals surface area contributed by atoms with Crippen LogP contribution in [-0.2, 0) is 28.8 Å². The number of aromatic nitrogens is 2. The van der Waals surface area contributed by atoms with Crippen LogP contribution in [0.5, 0.6) is 0 Å². The summed E-state index contributed by atoms with van der Waals surface area (Å²) in [5.41, 5.74) is 2.20. The van der Waals surface area contributed by atoms with Gasteiger partial charge in [-0.15, -0.1) is 22.7 Å². The second-order valence-electron chi connectivity index (χ2n) is 5.69. The smallest absolute Gasteiger partial charge is 0.311 e. The van der Waals surface area contributed by atoms with Crippen molar-refractivity contribution in [3.63, 3.8) is 0 Å². The Morgan fingerprint density at radius 1 is 1.07 bits per heavy atom. The van der Waals surface area contributed by atoms with E-state index < -0.39 is 0 Å². The minimum atomic E-state index is -0.330. The van der Waals surface area contributed by atoms with Gasteiger partial charge in [0.1, 0.15) is 5.69 Å². The SMILES string of the molecule is CCOC(=O)Cc1csc(NC(=O)c2csc(CCc3ccccc3)n2)n1. The van der Waals surface area contributed by atoms with Gasteiger partial charge in [0.05, 0.1) is 23.7 Å². The largest absolute Gasteiger partial charge is 0.466 e. The zero-order valence-electron chi connectivity index (χ0n) is 14.8. The molecule has 0 aliphatic heterocycles. The Hall–Kier alpha value is -2.58. The Kier molecular flexibility index (Phi) is 6.67. The number of amides is 1. The zero-order chi connectivity index (χ0) is 19.1. The highest BCUT2D eigenvalue weighted by Crippen LogP contribution is 2.19. The van der Waals surface area contributed by atoms with Crippen LogP contribution in [0.1, 0.15) is 33.7 Å².